The first kappa shape index (κ1) is 12.0. The van der Waals surface area contributed by atoms with E-state index in [4.69, 9.17) is 10.9 Å². The van der Waals surface area contributed by atoms with E-state index in [1.54, 1.807) is 0 Å². The van der Waals surface area contributed by atoms with Crippen LogP contribution < -0.4 is 5.73 Å². The number of aryl methyl sites for hydroxylation is 2. The lowest BCUT2D eigenvalue weighted by Gasteiger charge is -1.97. The first-order valence-corrected chi connectivity index (χ1v) is 5.50. The van der Waals surface area contributed by atoms with Crippen molar-refractivity contribution in [1.29, 1.82) is 0 Å². The fraction of sp³-hybridized carbons (Fsp3) is 0.273. The maximum Gasteiger partial charge on any atom is 0.204 e. The Morgan fingerprint density at radius 3 is 2.78 bits per heavy atom. The monoisotopic (exact) mass is 246 g/mol. The van der Waals surface area contributed by atoms with Gasteiger partial charge in [0.2, 0.25) is 5.82 Å². The van der Waals surface area contributed by atoms with Gasteiger partial charge in [-0.15, -0.1) is 10.2 Å². The zero-order chi connectivity index (χ0) is 13.0. The molecular formula is C11H14N6O. The minimum atomic E-state index is 0.143. The van der Waals surface area contributed by atoms with Gasteiger partial charge in [0.25, 0.3) is 0 Å². The first-order chi connectivity index (χ1) is 8.69. The molecule has 7 heteroatoms. The lowest BCUT2D eigenvalue weighted by molar-refractivity contribution is 0.316. The average Bonchev–Trinajstić information content (AvgIpc) is 2.85. The molecule has 0 amide bonds. The van der Waals surface area contributed by atoms with Crippen molar-refractivity contribution in [2.45, 2.75) is 19.9 Å². The minimum Gasteiger partial charge on any atom is -0.409 e. The normalized spacial score (nSPS) is 11.7. The van der Waals surface area contributed by atoms with Crippen molar-refractivity contribution in [2.75, 3.05) is 0 Å². The fourth-order valence-electron chi connectivity index (χ4n) is 1.42. The summed E-state index contributed by atoms with van der Waals surface area (Å²) in [6, 6.07) is 7.87. The molecule has 0 spiro atoms. The highest BCUT2D eigenvalue weighted by Gasteiger charge is 2.05. The average molecular weight is 246 g/mol. The van der Waals surface area contributed by atoms with Gasteiger partial charge in [0.1, 0.15) is 5.84 Å². The van der Waals surface area contributed by atoms with Gasteiger partial charge in [-0.25, -0.2) is 0 Å². The Hall–Kier alpha value is -2.44. The second kappa shape index (κ2) is 5.26. The van der Waals surface area contributed by atoms with Crippen molar-refractivity contribution in [3.8, 4) is 11.4 Å². The highest BCUT2D eigenvalue weighted by atomic mass is 16.4. The molecule has 1 aromatic heterocycles. The van der Waals surface area contributed by atoms with E-state index in [1.165, 1.54) is 10.4 Å². The van der Waals surface area contributed by atoms with Crippen LogP contribution in [0.15, 0.2) is 29.4 Å². The molecule has 0 saturated carbocycles. The van der Waals surface area contributed by atoms with E-state index >= 15 is 0 Å². The van der Waals surface area contributed by atoms with Gasteiger partial charge in [-0.1, -0.05) is 35.0 Å². The minimum absolute atomic E-state index is 0.143. The van der Waals surface area contributed by atoms with Crippen molar-refractivity contribution < 1.29 is 5.21 Å². The van der Waals surface area contributed by atoms with Crippen LogP contribution in [-0.2, 0) is 6.54 Å². The number of rotatable bonds is 4. The SMILES string of the molecule is Cc1ccc(-c2nnn(CC/C(N)=N/O)n2)cc1. The lowest BCUT2D eigenvalue weighted by Crippen LogP contribution is -2.16. The summed E-state index contributed by atoms with van der Waals surface area (Å²) >= 11 is 0. The van der Waals surface area contributed by atoms with Gasteiger partial charge < -0.3 is 10.9 Å². The molecule has 0 unspecified atom stereocenters. The Kier molecular flexibility index (Phi) is 3.52. The summed E-state index contributed by atoms with van der Waals surface area (Å²) in [5.74, 6) is 0.707. The lowest BCUT2D eigenvalue weighted by atomic mass is 10.1. The van der Waals surface area contributed by atoms with Crippen molar-refractivity contribution >= 4 is 5.84 Å². The summed E-state index contributed by atoms with van der Waals surface area (Å²) in [5, 5.41) is 23.4. The van der Waals surface area contributed by atoms with Crippen LogP contribution in [0, 0.1) is 6.92 Å². The molecule has 1 aromatic carbocycles. The number of oxime groups is 1. The van der Waals surface area contributed by atoms with Crippen LogP contribution >= 0.6 is 0 Å². The maximum absolute atomic E-state index is 8.42. The highest BCUT2D eigenvalue weighted by molar-refractivity contribution is 5.79. The first-order valence-electron chi connectivity index (χ1n) is 5.50. The summed E-state index contributed by atoms with van der Waals surface area (Å²) in [6.45, 7) is 2.44. The molecule has 1 heterocycles. The summed E-state index contributed by atoms with van der Waals surface area (Å²) in [4.78, 5) is 1.42. The molecule has 0 atom stereocenters. The summed E-state index contributed by atoms with van der Waals surface area (Å²) < 4.78 is 0. The van der Waals surface area contributed by atoms with Crippen LogP contribution in [0.1, 0.15) is 12.0 Å². The molecule has 0 saturated heterocycles. The number of nitrogens with zero attached hydrogens (tertiary/aromatic N) is 5. The van der Waals surface area contributed by atoms with E-state index in [9.17, 15) is 0 Å². The topological polar surface area (TPSA) is 102 Å². The zero-order valence-electron chi connectivity index (χ0n) is 9.98. The molecule has 2 aromatic rings. The van der Waals surface area contributed by atoms with Crippen LogP contribution in [0.3, 0.4) is 0 Å². The van der Waals surface area contributed by atoms with Crippen LogP contribution in [0.25, 0.3) is 11.4 Å². The number of nitrogens with two attached hydrogens (primary N) is 1. The van der Waals surface area contributed by atoms with Gasteiger partial charge in [0.15, 0.2) is 0 Å². The van der Waals surface area contributed by atoms with E-state index in [2.05, 4.69) is 20.6 Å². The predicted molar refractivity (Wildman–Crippen MR) is 66.0 cm³/mol. The molecule has 0 radical (unpaired) electrons. The molecule has 0 bridgehead atoms. The smallest absolute Gasteiger partial charge is 0.204 e. The van der Waals surface area contributed by atoms with E-state index in [0.29, 0.717) is 18.8 Å². The third-order valence-corrected chi connectivity index (χ3v) is 2.46. The molecule has 0 fully saturated rings. The predicted octanol–water partition coefficient (Wildman–Crippen LogP) is 0.785. The van der Waals surface area contributed by atoms with Crippen molar-refractivity contribution in [2.24, 2.45) is 10.9 Å². The molecular weight excluding hydrogens is 232 g/mol. The second-order valence-corrected chi connectivity index (χ2v) is 3.92. The van der Waals surface area contributed by atoms with E-state index < -0.39 is 0 Å². The quantitative estimate of drug-likeness (QED) is 0.359. The molecule has 3 N–H and O–H groups in total. The van der Waals surface area contributed by atoms with Gasteiger partial charge >= 0.3 is 0 Å². The van der Waals surface area contributed by atoms with Gasteiger partial charge in [-0.2, -0.15) is 4.80 Å². The van der Waals surface area contributed by atoms with Crippen molar-refractivity contribution in [3.63, 3.8) is 0 Å². The third-order valence-electron chi connectivity index (χ3n) is 2.46. The number of aromatic nitrogens is 4. The molecule has 18 heavy (non-hydrogen) atoms. The van der Waals surface area contributed by atoms with E-state index in [0.717, 1.165) is 5.56 Å². The van der Waals surface area contributed by atoms with Gasteiger partial charge in [0.05, 0.1) is 6.54 Å². The summed E-state index contributed by atoms with van der Waals surface area (Å²) in [5.41, 5.74) is 7.46. The van der Waals surface area contributed by atoms with Crippen molar-refractivity contribution in [1.82, 2.24) is 20.2 Å². The molecule has 94 valence electrons. The van der Waals surface area contributed by atoms with Gasteiger partial charge in [-0.05, 0) is 12.1 Å². The molecule has 0 aliphatic carbocycles. The molecule has 7 nitrogen and oxygen atoms in total. The fourth-order valence-corrected chi connectivity index (χ4v) is 1.42. The number of amidine groups is 1. The highest BCUT2D eigenvalue weighted by Crippen LogP contribution is 2.13. The van der Waals surface area contributed by atoms with Crippen LogP contribution in [-0.4, -0.2) is 31.3 Å². The Morgan fingerprint density at radius 2 is 2.11 bits per heavy atom. The van der Waals surface area contributed by atoms with E-state index in [-0.39, 0.29) is 5.84 Å². The van der Waals surface area contributed by atoms with Crippen LogP contribution in [0.5, 0.6) is 0 Å². The summed E-state index contributed by atoms with van der Waals surface area (Å²) in [7, 11) is 0. The van der Waals surface area contributed by atoms with E-state index in [1.807, 2.05) is 31.2 Å². The zero-order valence-corrected chi connectivity index (χ0v) is 9.98. The molecule has 2 rings (SSSR count). The Morgan fingerprint density at radius 1 is 1.39 bits per heavy atom. The Balaban J connectivity index is 2.08. The Bertz CT molecular complexity index is 545. The Labute approximate surface area is 104 Å². The van der Waals surface area contributed by atoms with Crippen molar-refractivity contribution in [3.05, 3.63) is 29.8 Å². The van der Waals surface area contributed by atoms with Gasteiger partial charge in [-0.3, -0.25) is 0 Å². The number of hydrogen-bond donors (Lipinski definition) is 2. The summed E-state index contributed by atoms with van der Waals surface area (Å²) in [6.07, 6.45) is 0.375. The third kappa shape index (κ3) is 2.82. The van der Waals surface area contributed by atoms with Crippen LogP contribution in [0.4, 0.5) is 0 Å². The second-order valence-electron chi connectivity index (χ2n) is 3.92. The number of benzene rings is 1. The number of tetrazole rings is 1. The largest absolute Gasteiger partial charge is 0.409 e. The number of hydrogen-bond acceptors (Lipinski definition) is 5. The van der Waals surface area contributed by atoms with Gasteiger partial charge in [0, 0.05) is 12.0 Å². The maximum atomic E-state index is 8.42. The standard InChI is InChI=1S/C11H14N6O/c1-8-2-4-9(5-3-8)11-13-16-17(14-11)7-6-10(12)15-18/h2-5,18H,6-7H2,1H3,(H2,12,15). The molecule has 0 aliphatic rings. The molecule has 0 aliphatic heterocycles. The van der Waals surface area contributed by atoms with Crippen LogP contribution in [0.2, 0.25) is 0 Å².